The van der Waals surface area contributed by atoms with E-state index in [1.165, 1.54) is 0 Å². The van der Waals surface area contributed by atoms with Gasteiger partial charge in [0.2, 0.25) is 0 Å². The highest BCUT2D eigenvalue weighted by molar-refractivity contribution is 6.19. The first-order chi connectivity index (χ1) is 9.25. The van der Waals surface area contributed by atoms with E-state index in [0.29, 0.717) is 11.5 Å². The average molecular weight is 251 g/mol. The van der Waals surface area contributed by atoms with Crippen molar-refractivity contribution in [1.29, 1.82) is 0 Å². The number of aromatic amines is 1. The number of aromatic nitrogens is 1. The predicted octanol–water partition coefficient (Wildman–Crippen LogP) is 2.27. The van der Waals surface area contributed by atoms with Gasteiger partial charge in [-0.25, -0.2) is 4.99 Å². The van der Waals surface area contributed by atoms with E-state index in [9.17, 15) is 4.79 Å². The van der Waals surface area contributed by atoms with Gasteiger partial charge in [-0.2, -0.15) is 0 Å². The zero-order chi connectivity index (χ0) is 13.2. The minimum atomic E-state index is -0.0894. The minimum absolute atomic E-state index is 0.0894. The Morgan fingerprint density at radius 1 is 1.16 bits per heavy atom. The number of carbonyl (C=O) groups is 1. The third kappa shape index (κ3) is 2.08. The van der Waals surface area contributed by atoms with Crippen LogP contribution in [0.15, 0.2) is 59.4 Å². The van der Waals surface area contributed by atoms with Gasteiger partial charge >= 0.3 is 0 Å². The van der Waals surface area contributed by atoms with Crippen molar-refractivity contribution in [2.45, 2.75) is 0 Å². The second-order valence-electron chi connectivity index (χ2n) is 4.32. The van der Waals surface area contributed by atoms with Gasteiger partial charge in [-0.15, -0.1) is 0 Å². The number of rotatable bonds is 2. The van der Waals surface area contributed by atoms with Crippen LogP contribution in [-0.4, -0.2) is 28.7 Å². The molecule has 0 spiro atoms. The largest absolute Gasteiger partial charge is 0.362 e. The Kier molecular flexibility index (Phi) is 2.76. The molecule has 1 aromatic carbocycles. The molecule has 3 rings (SSSR count). The van der Waals surface area contributed by atoms with Crippen molar-refractivity contribution in [3.05, 3.63) is 65.6 Å². The highest BCUT2D eigenvalue weighted by Crippen LogP contribution is 2.19. The molecule has 0 radical (unpaired) electrons. The Bertz CT molecular complexity index is 654. The number of hydrogen-bond acceptors (Lipinski definition) is 2. The molecule has 4 heteroatoms. The second kappa shape index (κ2) is 4.57. The van der Waals surface area contributed by atoms with Crippen LogP contribution in [0.5, 0.6) is 0 Å². The Labute approximate surface area is 111 Å². The van der Waals surface area contributed by atoms with Crippen LogP contribution < -0.4 is 0 Å². The van der Waals surface area contributed by atoms with E-state index < -0.39 is 0 Å². The molecule has 1 aliphatic rings. The SMILES string of the molecule is CN1C(=O)/C(=C/c2ccc[nH]2)N=C1c1ccccc1. The summed E-state index contributed by atoms with van der Waals surface area (Å²) >= 11 is 0. The summed E-state index contributed by atoms with van der Waals surface area (Å²) in [4.78, 5) is 21.2. The number of H-pyrrole nitrogens is 1. The summed E-state index contributed by atoms with van der Waals surface area (Å²) in [7, 11) is 1.74. The molecule has 0 unspecified atom stereocenters. The van der Waals surface area contributed by atoms with Crippen molar-refractivity contribution in [3.8, 4) is 0 Å². The van der Waals surface area contributed by atoms with E-state index >= 15 is 0 Å². The topological polar surface area (TPSA) is 48.5 Å². The van der Waals surface area contributed by atoms with Gasteiger partial charge in [-0.3, -0.25) is 9.69 Å². The van der Waals surface area contributed by atoms with Gasteiger partial charge in [0.15, 0.2) is 0 Å². The highest BCUT2D eigenvalue weighted by atomic mass is 16.2. The molecule has 1 aromatic heterocycles. The number of carbonyl (C=O) groups excluding carboxylic acids is 1. The molecule has 2 aromatic rings. The number of likely N-dealkylation sites (N-methyl/N-ethyl adjacent to an activating group) is 1. The van der Waals surface area contributed by atoms with E-state index in [2.05, 4.69) is 9.98 Å². The molecule has 0 aliphatic carbocycles. The van der Waals surface area contributed by atoms with Crippen LogP contribution in [0.2, 0.25) is 0 Å². The quantitative estimate of drug-likeness (QED) is 0.818. The van der Waals surface area contributed by atoms with Gasteiger partial charge in [0.1, 0.15) is 11.5 Å². The van der Waals surface area contributed by atoms with Crippen molar-refractivity contribution >= 4 is 17.8 Å². The Hall–Kier alpha value is -2.62. The number of hydrogen-bond donors (Lipinski definition) is 1. The molecule has 0 fully saturated rings. The number of benzene rings is 1. The lowest BCUT2D eigenvalue weighted by atomic mass is 10.2. The fraction of sp³-hybridized carbons (Fsp3) is 0.0667. The number of amidine groups is 1. The Morgan fingerprint density at radius 3 is 2.63 bits per heavy atom. The van der Waals surface area contributed by atoms with Crippen LogP contribution in [0.3, 0.4) is 0 Å². The molecular weight excluding hydrogens is 238 g/mol. The molecule has 2 heterocycles. The molecule has 0 saturated heterocycles. The van der Waals surface area contributed by atoms with Crippen LogP contribution in [-0.2, 0) is 4.79 Å². The van der Waals surface area contributed by atoms with Crippen LogP contribution >= 0.6 is 0 Å². The molecule has 0 saturated carbocycles. The Morgan fingerprint density at radius 2 is 1.95 bits per heavy atom. The molecule has 1 amide bonds. The van der Waals surface area contributed by atoms with E-state index in [1.807, 2.05) is 48.7 Å². The maximum atomic E-state index is 12.1. The van der Waals surface area contributed by atoms with Gasteiger partial charge in [0, 0.05) is 24.5 Å². The monoisotopic (exact) mass is 251 g/mol. The Balaban J connectivity index is 2.01. The summed E-state index contributed by atoms with van der Waals surface area (Å²) in [6.07, 6.45) is 3.58. The minimum Gasteiger partial charge on any atom is -0.362 e. The normalized spacial score (nSPS) is 17.1. The van der Waals surface area contributed by atoms with Gasteiger partial charge in [0.05, 0.1) is 0 Å². The predicted molar refractivity (Wildman–Crippen MR) is 74.5 cm³/mol. The van der Waals surface area contributed by atoms with Crippen LogP contribution in [0.25, 0.3) is 6.08 Å². The molecule has 1 N–H and O–H groups in total. The van der Waals surface area contributed by atoms with Crippen molar-refractivity contribution in [2.24, 2.45) is 4.99 Å². The van der Waals surface area contributed by atoms with E-state index in [1.54, 1.807) is 18.0 Å². The summed E-state index contributed by atoms with van der Waals surface area (Å²) in [6.45, 7) is 0. The third-order valence-electron chi connectivity index (χ3n) is 3.01. The van der Waals surface area contributed by atoms with Gasteiger partial charge < -0.3 is 4.98 Å². The van der Waals surface area contributed by atoms with Crippen molar-refractivity contribution in [3.63, 3.8) is 0 Å². The molecule has 4 nitrogen and oxygen atoms in total. The summed E-state index contributed by atoms with van der Waals surface area (Å²) in [5.41, 5.74) is 2.26. The zero-order valence-electron chi connectivity index (χ0n) is 10.5. The van der Waals surface area contributed by atoms with E-state index in [-0.39, 0.29) is 5.91 Å². The summed E-state index contributed by atoms with van der Waals surface area (Å²) < 4.78 is 0. The highest BCUT2D eigenvalue weighted by Gasteiger charge is 2.27. The maximum absolute atomic E-state index is 12.1. The average Bonchev–Trinajstić information content (AvgIpc) is 3.04. The smallest absolute Gasteiger partial charge is 0.277 e. The summed E-state index contributed by atoms with van der Waals surface area (Å²) in [6, 6.07) is 13.5. The maximum Gasteiger partial charge on any atom is 0.277 e. The van der Waals surface area contributed by atoms with E-state index in [0.717, 1.165) is 11.3 Å². The fourth-order valence-electron chi connectivity index (χ4n) is 2.03. The van der Waals surface area contributed by atoms with Gasteiger partial charge in [-0.05, 0) is 18.2 Å². The number of nitrogens with one attached hydrogen (secondary N) is 1. The van der Waals surface area contributed by atoms with E-state index in [4.69, 9.17) is 0 Å². The molecule has 19 heavy (non-hydrogen) atoms. The number of nitrogens with zero attached hydrogens (tertiary/aromatic N) is 2. The molecular formula is C15H13N3O. The van der Waals surface area contributed by atoms with Crippen LogP contribution in [0, 0.1) is 0 Å². The van der Waals surface area contributed by atoms with Crippen molar-refractivity contribution in [2.75, 3.05) is 7.05 Å². The van der Waals surface area contributed by atoms with Crippen LogP contribution in [0.1, 0.15) is 11.3 Å². The van der Waals surface area contributed by atoms with Gasteiger partial charge in [0.25, 0.3) is 5.91 Å². The lowest BCUT2D eigenvalue weighted by molar-refractivity contribution is -0.121. The standard InChI is InChI=1S/C15H13N3O/c1-18-14(11-6-3-2-4-7-11)17-13(15(18)19)10-12-8-5-9-16-12/h2-10,16H,1H3/b13-10-. The molecule has 94 valence electrons. The summed E-state index contributed by atoms with van der Waals surface area (Å²) in [5, 5.41) is 0. The first-order valence-corrected chi connectivity index (χ1v) is 6.03. The summed E-state index contributed by atoms with van der Waals surface area (Å²) in [5.74, 6) is 0.594. The lowest BCUT2D eigenvalue weighted by Crippen LogP contribution is -2.28. The van der Waals surface area contributed by atoms with Crippen molar-refractivity contribution < 1.29 is 4.79 Å². The number of amides is 1. The molecule has 1 aliphatic heterocycles. The third-order valence-corrected chi connectivity index (χ3v) is 3.01. The second-order valence-corrected chi connectivity index (χ2v) is 4.32. The molecule has 0 bridgehead atoms. The van der Waals surface area contributed by atoms with Gasteiger partial charge in [-0.1, -0.05) is 30.3 Å². The first-order valence-electron chi connectivity index (χ1n) is 6.03. The fourth-order valence-corrected chi connectivity index (χ4v) is 2.03. The van der Waals surface area contributed by atoms with Crippen molar-refractivity contribution in [1.82, 2.24) is 9.88 Å². The first kappa shape index (κ1) is 11.5. The molecule has 0 atom stereocenters. The zero-order valence-corrected chi connectivity index (χ0v) is 10.5. The lowest BCUT2D eigenvalue weighted by Gasteiger charge is -2.10. The van der Waals surface area contributed by atoms with Crippen LogP contribution in [0.4, 0.5) is 0 Å². The number of aliphatic imine (C=N–C) groups is 1.